The number of aromatic nitrogens is 2. The number of hydrogen-bond acceptors (Lipinski definition) is 3. The normalized spacial score (nSPS) is 11.1. The molecule has 0 saturated heterocycles. The Balaban J connectivity index is 1.33. The highest BCUT2D eigenvalue weighted by molar-refractivity contribution is 7.14. The maximum Gasteiger partial charge on any atom is 0.230 e. The van der Waals surface area contributed by atoms with E-state index in [4.69, 9.17) is 0 Å². The van der Waals surface area contributed by atoms with E-state index >= 15 is 0 Å². The van der Waals surface area contributed by atoms with Crippen molar-refractivity contribution in [2.24, 2.45) is 0 Å². The SMILES string of the molecule is O=C(Cc1c[nH]c2ccccc12)Nc1nc(-c2ccc3ccccc3c2)cs1. The van der Waals surface area contributed by atoms with Gasteiger partial charge in [0, 0.05) is 28.0 Å². The number of amides is 1. The molecule has 0 saturated carbocycles. The van der Waals surface area contributed by atoms with Crippen LogP contribution in [0.1, 0.15) is 5.56 Å². The quantitative estimate of drug-likeness (QED) is 0.423. The second kappa shape index (κ2) is 6.94. The molecule has 0 bridgehead atoms. The number of rotatable bonds is 4. The van der Waals surface area contributed by atoms with Crippen molar-refractivity contribution < 1.29 is 4.79 Å². The number of benzene rings is 3. The lowest BCUT2D eigenvalue weighted by molar-refractivity contribution is -0.115. The summed E-state index contributed by atoms with van der Waals surface area (Å²) < 4.78 is 0. The zero-order chi connectivity index (χ0) is 18.9. The predicted octanol–water partition coefficient (Wildman–Crippen LogP) is 5.63. The molecule has 0 radical (unpaired) electrons. The zero-order valence-corrected chi connectivity index (χ0v) is 15.8. The van der Waals surface area contributed by atoms with Gasteiger partial charge < -0.3 is 10.3 Å². The summed E-state index contributed by atoms with van der Waals surface area (Å²) in [6.45, 7) is 0. The Morgan fingerprint density at radius 1 is 1.00 bits per heavy atom. The molecule has 136 valence electrons. The van der Waals surface area contributed by atoms with Crippen LogP contribution >= 0.6 is 11.3 Å². The van der Waals surface area contributed by atoms with Gasteiger partial charge in [-0.3, -0.25) is 4.79 Å². The first-order valence-corrected chi connectivity index (χ1v) is 9.94. The molecular weight excluding hydrogens is 366 g/mol. The summed E-state index contributed by atoms with van der Waals surface area (Å²) >= 11 is 1.44. The molecule has 0 fully saturated rings. The summed E-state index contributed by atoms with van der Waals surface area (Å²) in [6, 6.07) is 22.5. The Labute approximate surface area is 165 Å². The number of para-hydroxylation sites is 1. The molecule has 5 heteroatoms. The van der Waals surface area contributed by atoms with Gasteiger partial charge in [-0.15, -0.1) is 11.3 Å². The van der Waals surface area contributed by atoms with Gasteiger partial charge in [0.2, 0.25) is 5.91 Å². The Bertz CT molecular complexity index is 1300. The summed E-state index contributed by atoms with van der Waals surface area (Å²) in [5.41, 5.74) is 3.95. The zero-order valence-electron chi connectivity index (χ0n) is 15.0. The lowest BCUT2D eigenvalue weighted by Crippen LogP contribution is -2.13. The minimum atomic E-state index is -0.0656. The average molecular weight is 383 g/mol. The molecule has 0 unspecified atom stereocenters. The number of carbonyl (C=O) groups excluding carboxylic acids is 1. The lowest BCUT2D eigenvalue weighted by Gasteiger charge is -2.02. The van der Waals surface area contributed by atoms with Crippen LogP contribution < -0.4 is 5.32 Å². The van der Waals surface area contributed by atoms with E-state index in [-0.39, 0.29) is 5.91 Å². The molecule has 0 aliphatic rings. The van der Waals surface area contributed by atoms with Crippen LogP contribution in [0.25, 0.3) is 32.9 Å². The van der Waals surface area contributed by atoms with Crippen LogP contribution in [0.3, 0.4) is 0 Å². The maximum absolute atomic E-state index is 12.5. The molecule has 2 aromatic heterocycles. The van der Waals surface area contributed by atoms with Crippen molar-refractivity contribution in [2.75, 3.05) is 5.32 Å². The van der Waals surface area contributed by atoms with Crippen molar-refractivity contribution in [1.82, 2.24) is 9.97 Å². The first-order valence-electron chi connectivity index (χ1n) is 9.06. The van der Waals surface area contributed by atoms with E-state index in [1.54, 1.807) is 0 Å². The fourth-order valence-corrected chi connectivity index (χ4v) is 4.16. The van der Waals surface area contributed by atoms with Gasteiger partial charge >= 0.3 is 0 Å². The summed E-state index contributed by atoms with van der Waals surface area (Å²) in [6.07, 6.45) is 2.21. The van der Waals surface area contributed by atoms with Gasteiger partial charge in [-0.1, -0.05) is 54.6 Å². The third kappa shape index (κ3) is 3.17. The van der Waals surface area contributed by atoms with Crippen LogP contribution in [0.4, 0.5) is 5.13 Å². The van der Waals surface area contributed by atoms with Crippen LogP contribution in [-0.2, 0) is 11.2 Å². The van der Waals surface area contributed by atoms with Crippen LogP contribution in [-0.4, -0.2) is 15.9 Å². The van der Waals surface area contributed by atoms with Crippen molar-refractivity contribution in [1.29, 1.82) is 0 Å². The van der Waals surface area contributed by atoms with Gasteiger partial charge in [0.15, 0.2) is 5.13 Å². The number of anilines is 1. The lowest BCUT2D eigenvalue weighted by atomic mass is 10.1. The third-order valence-electron chi connectivity index (χ3n) is 4.82. The van der Waals surface area contributed by atoms with Crippen LogP contribution in [0.5, 0.6) is 0 Å². The van der Waals surface area contributed by atoms with Gasteiger partial charge in [0.1, 0.15) is 0 Å². The Morgan fingerprint density at radius 3 is 2.75 bits per heavy atom. The number of carbonyl (C=O) groups is 1. The summed E-state index contributed by atoms with van der Waals surface area (Å²) in [4.78, 5) is 20.3. The second-order valence-corrected chi connectivity index (χ2v) is 7.54. The van der Waals surface area contributed by atoms with Gasteiger partial charge in [0.25, 0.3) is 0 Å². The molecule has 3 aromatic carbocycles. The monoisotopic (exact) mass is 383 g/mol. The standard InChI is InChI=1S/C23H17N3OS/c27-22(12-18-13-24-20-8-4-3-7-19(18)20)26-23-25-21(14-28-23)17-10-9-15-5-1-2-6-16(15)11-17/h1-11,13-14,24H,12H2,(H,25,26,27). The molecule has 1 amide bonds. The van der Waals surface area contributed by atoms with Crippen molar-refractivity contribution in [3.05, 3.63) is 83.9 Å². The van der Waals surface area contributed by atoms with E-state index in [0.717, 1.165) is 27.7 Å². The van der Waals surface area contributed by atoms with Crippen LogP contribution in [0, 0.1) is 0 Å². The summed E-state index contributed by atoms with van der Waals surface area (Å²) in [5.74, 6) is -0.0656. The van der Waals surface area contributed by atoms with Gasteiger partial charge in [-0.2, -0.15) is 0 Å². The van der Waals surface area contributed by atoms with Crippen molar-refractivity contribution >= 4 is 44.1 Å². The molecule has 28 heavy (non-hydrogen) atoms. The van der Waals surface area contributed by atoms with E-state index < -0.39 is 0 Å². The van der Waals surface area contributed by atoms with E-state index in [1.165, 1.54) is 22.1 Å². The third-order valence-corrected chi connectivity index (χ3v) is 5.58. The predicted molar refractivity (Wildman–Crippen MR) is 116 cm³/mol. The van der Waals surface area contributed by atoms with Gasteiger partial charge in [0.05, 0.1) is 12.1 Å². The number of nitrogens with one attached hydrogen (secondary N) is 2. The minimum absolute atomic E-state index is 0.0656. The smallest absolute Gasteiger partial charge is 0.230 e. The Hall–Kier alpha value is -3.44. The van der Waals surface area contributed by atoms with Gasteiger partial charge in [-0.25, -0.2) is 4.98 Å². The fourth-order valence-electron chi connectivity index (χ4n) is 3.43. The first-order chi connectivity index (χ1) is 13.8. The molecule has 4 nitrogen and oxygen atoms in total. The highest BCUT2D eigenvalue weighted by Crippen LogP contribution is 2.28. The Kier molecular flexibility index (Phi) is 4.14. The number of nitrogens with zero attached hydrogens (tertiary/aromatic N) is 1. The molecule has 0 atom stereocenters. The number of thiazole rings is 1. The summed E-state index contributed by atoms with van der Waals surface area (Å²) in [7, 11) is 0. The largest absolute Gasteiger partial charge is 0.361 e. The van der Waals surface area contributed by atoms with E-state index in [9.17, 15) is 4.79 Å². The average Bonchev–Trinajstić information content (AvgIpc) is 3.35. The molecule has 2 N–H and O–H groups in total. The molecule has 5 aromatic rings. The second-order valence-electron chi connectivity index (χ2n) is 6.68. The number of H-pyrrole nitrogens is 1. The van der Waals surface area contributed by atoms with E-state index in [0.29, 0.717) is 11.6 Å². The van der Waals surface area contributed by atoms with Crippen molar-refractivity contribution in [2.45, 2.75) is 6.42 Å². The summed E-state index contributed by atoms with van der Waals surface area (Å²) in [5, 5.41) is 8.98. The number of fused-ring (bicyclic) bond motifs is 2. The first kappa shape index (κ1) is 16.7. The highest BCUT2D eigenvalue weighted by Gasteiger charge is 2.11. The fraction of sp³-hybridized carbons (Fsp3) is 0.0435. The van der Waals surface area contributed by atoms with E-state index in [1.807, 2.05) is 48.0 Å². The maximum atomic E-state index is 12.5. The molecule has 0 aliphatic heterocycles. The minimum Gasteiger partial charge on any atom is -0.361 e. The Morgan fingerprint density at radius 2 is 1.82 bits per heavy atom. The van der Waals surface area contributed by atoms with Crippen LogP contribution in [0.2, 0.25) is 0 Å². The van der Waals surface area contributed by atoms with Crippen molar-refractivity contribution in [3.63, 3.8) is 0 Å². The molecular formula is C23H17N3OS. The van der Waals surface area contributed by atoms with E-state index in [2.05, 4.69) is 45.6 Å². The topological polar surface area (TPSA) is 57.8 Å². The number of aromatic amines is 1. The molecule has 0 spiro atoms. The van der Waals surface area contributed by atoms with Gasteiger partial charge in [-0.05, 0) is 28.5 Å². The highest BCUT2D eigenvalue weighted by atomic mass is 32.1. The molecule has 0 aliphatic carbocycles. The van der Waals surface area contributed by atoms with Crippen molar-refractivity contribution in [3.8, 4) is 11.3 Å². The molecule has 2 heterocycles. The number of hydrogen-bond donors (Lipinski definition) is 2. The van der Waals surface area contributed by atoms with Crippen LogP contribution in [0.15, 0.2) is 78.3 Å². The molecule has 5 rings (SSSR count).